The van der Waals surface area contributed by atoms with Crippen LogP contribution in [0.4, 0.5) is 0 Å². The summed E-state index contributed by atoms with van der Waals surface area (Å²) in [7, 11) is 0. The van der Waals surface area contributed by atoms with Crippen LogP contribution in [-0.2, 0) is 0 Å². The van der Waals surface area contributed by atoms with Crippen molar-refractivity contribution in [1.29, 1.82) is 10.7 Å². The number of nitriles is 1. The van der Waals surface area contributed by atoms with E-state index in [2.05, 4.69) is 4.98 Å². The fourth-order valence-corrected chi connectivity index (χ4v) is 1.97. The molecule has 1 aliphatic rings. The van der Waals surface area contributed by atoms with E-state index < -0.39 is 0 Å². The van der Waals surface area contributed by atoms with Crippen LogP contribution < -0.4 is 9.47 Å². The number of benzene rings is 1. The predicted molar refractivity (Wildman–Crippen MR) is 69.9 cm³/mol. The number of hydrogen-bond acceptors (Lipinski definition) is 6. The Bertz CT molecular complexity index is 750. The van der Waals surface area contributed by atoms with Crippen molar-refractivity contribution in [2.75, 3.05) is 6.79 Å². The lowest BCUT2D eigenvalue weighted by Crippen LogP contribution is -1.98. The number of ether oxygens (including phenoxy) is 2. The Labute approximate surface area is 114 Å². The number of hydrogen-bond donors (Lipinski definition) is 2. The highest BCUT2D eigenvalue weighted by molar-refractivity contribution is 6.11. The van der Waals surface area contributed by atoms with E-state index in [-0.39, 0.29) is 23.8 Å². The lowest BCUT2D eigenvalue weighted by atomic mass is 10.0. The van der Waals surface area contributed by atoms with Crippen LogP contribution in [-0.4, -0.2) is 22.6 Å². The van der Waals surface area contributed by atoms with Crippen molar-refractivity contribution in [2.45, 2.75) is 0 Å². The molecule has 0 aliphatic carbocycles. The molecule has 2 N–H and O–H groups in total. The summed E-state index contributed by atoms with van der Waals surface area (Å²) < 4.78 is 10.5. The minimum absolute atomic E-state index is 0.148. The first kappa shape index (κ1) is 12.0. The second-order valence-corrected chi connectivity index (χ2v) is 4.11. The molecule has 1 aromatic heterocycles. The first-order chi connectivity index (χ1) is 9.70. The summed E-state index contributed by atoms with van der Waals surface area (Å²) in [6, 6.07) is 8.27. The van der Waals surface area contributed by atoms with Gasteiger partial charge < -0.3 is 14.6 Å². The maximum atomic E-state index is 10.2. The number of fused-ring (bicyclic) bond motifs is 1. The Morgan fingerprint density at radius 3 is 2.90 bits per heavy atom. The fourth-order valence-electron chi connectivity index (χ4n) is 1.97. The third-order valence-corrected chi connectivity index (χ3v) is 2.95. The quantitative estimate of drug-likeness (QED) is 0.811. The van der Waals surface area contributed by atoms with Gasteiger partial charge in [-0.05, 0) is 24.3 Å². The zero-order valence-corrected chi connectivity index (χ0v) is 10.3. The van der Waals surface area contributed by atoms with Gasteiger partial charge in [0.25, 0.3) is 0 Å². The van der Waals surface area contributed by atoms with Gasteiger partial charge in [0.15, 0.2) is 17.2 Å². The Balaban J connectivity index is 2.11. The summed E-state index contributed by atoms with van der Waals surface area (Å²) in [6.45, 7) is 0.164. The second-order valence-electron chi connectivity index (χ2n) is 4.11. The van der Waals surface area contributed by atoms with E-state index >= 15 is 0 Å². The van der Waals surface area contributed by atoms with Crippen molar-refractivity contribution in [3.63, 3.8) is 0 Å². The number of aromatic nitrogens is 1. The van der Waals surface area contributed by atoms with Crippen LogP contribution in [0, 0.1) is 16.7 Å². The van der Waals surface area contributed by atoms with E-state index in [1.807, 2.05) is 0 Å². The van der Waals surface area contributed by atoms with Crippen molar-refractivity contribution in [3.05, 3.63) is 36.0 Å². The van der Waals surface area contributed by atoms with Gasteiger partial charge in [-0.1, -0.05) is 0 Å². The summed E-state index contributed by atoms with van der Waals surface area (Å²) in [5.41, 5.74) is 0.752. The molecule has 20 heavy (non-hydrogen) atoms. The van der Waals surface area contributed by atoms with E-state index in [1.54, 1.807) is 24.3 Å². The van der Waals surface area contributed by atoms with Gasteiger partial charge in [0.05, 0.1) is 5.56 Å². The van der Waals surface area contributed by atoms with Gasteiger partial charge in [-0.15, -0.1) is 0 Å². The molecule has 0 spiro atoms. The number of nitrogens with one attached hydrogen (secondary N) is 1. The molecule has 0 saturated carbocycles. The second kappa shape index (κ2) is 4.55. The third kappa shape index (κ3) is 1.82. The molecule has 98 valence electrons. The van der Waals surface area contributed by atoms with Gasteiger partial charge in [0.1, 0.15) is 17.5 Å². The number of aromatic hydroxyl groups is 1. The highest BCUT2D eigenvalue weighted by Gasteiger charge is 2.18. The number of pyridine rings is 1. The first-order valence-electron chi connectivity index (χ1n) is 5.77. The standard InChI is InChI=1S/C14H9N3O3/c15-6-10(16)9-3-4-17-13(14(9)18)8-1-2-11-12(5-8)20-7-19-11/h1-5,16,18H,7H2. The van der Waals surface area contributed by atoms with Crippen LogP contribution in [0.5, 0.6) is 17.2 Å². The molecule has 1 aliphatic heterocycles. The number of nitrogens with zero attached hydrogens (tertiary/aromatic N) is 2. The molecule has 0 radical (unpaired) electrons. The molecule has 3 rings (SSSR count). The Hall–Kier alpha value is -3.07. The molecule has 1 aromatic carbocycles. The normalized spacial score (nSPS) is 11.9. The number of rotatable bonds is 2. The van der Waals surface area contributed by atoms with E-state index in [0.717, 1.165) is 0 Å². The molecule has 0 bridgehead atoms. The summed E-state index contributed by atoms with van der Waals surface area (Å²) in [4.78, 5) is 4.10. The van der Waals surface area contributed by atoms with Gasteiger partial charge in [-0.2, -0.15) is 5.26 Å². The third-order valence-electron chi connectivity index (χ3n) is 2.95. The molecule has 0 amide bonds. The summed E-state index contributed by atoms with van der Waals surface area (Å²) in [5, 5.41) is 26.4. The highest BCUT2D eigenvalue weighted by atomic mass is 16.7. The maximum Gasteiger partial charge on any atom is 0.231 e. The smallest absolute Gasteiger partial charge is 0.231 e. The molecular formula is C14H9N3O3. The molecule has 2 heterocycles. The van der Waals surface area contributed by atoms with Crippen molar-refractivity contribution < 1.29 is 14.6 Å². The maximum absolute atomic E-state index is 10.2. The molecule has 0 saturated heterocycles. The average Bonchev–Trinajstić information content (AvgIpc) is 2.94. The Kier molecular flexibility index (Phi) is 2.73. The minimum Gasteiger partial charge on any atom is -0.505 e. The topological polar surface area (TPSA) is 99.2 Å². The molecule has 0 atom stereocenters. The van der Waals surface area contributed by atoms with Crippen LogP contribution >= 0.6 is 0 Å². The van der Waals surface area contributed by atoms with Crippen LogP contribution in [0.15, 0.2) is 30.5 Å². The summed E-state index contributed by atoms with van der Waals surface area (Å²) in [6.07, 6.45) is 1.45. The SMILES string of the molecule is N#CC(=N)c1ccnc(-c2ccc3c(c2)OCO3)c1O. The van der Waals surface area contributed by atoms with Crippen LogP contribution in [0.3, 0.4) is 0 Å². The fraction of sp³-hybridized carbons (Fsp3) is 0.0714. The lowest BCUT2D eigenvalue weighted by Gasteiger charge is -2.07. The predicted octanol–water partition coefficient (Wildman–Crippen LogP) is 2.07. The molecule has 0 fully saturated rings. The van der Waals surface area contributed by atoms with E-state index in [1.165, 1.54) is 12.3 Å². The molecule has 6 nitrogen and oxygen atoms in total. The van der Waals surface area contributed by atoms with Crippen molar-refractivity contribution >= 4 is 5.71 Å². The molecule has 6 heteroatoms. The van der Waals surface area contributed by atoms with Gasteiger partial charge in [0, 0.05) is 11.8 Å². The zero-order valence-electron chi connectivity index (χ0n) is 10.3. The zero-order chi connectivity index (χ0) is 14.1. The minimum atomic E-state index is -0.313. The molecule has 2 aromatic rings. The van der Waals surface area contributed by atoms with Gasteiger partial charge in [-0.3, -0.25) is 10.4 Å². The summed E-state index contributed by atoms with van der Waals surface area (Å²) in [5.74, 6) is 1.01. The Morgan fingerprint density at radius 1 is 1.30 bits per heavy atom. The van der Waals surface area contributed by atoms with Crippen molar-refractivity contribution in [1.82, 2.24) is 4.98 Å². The first-order valence-corrected chi connectivity index (χ1v) is 5.77. The lowest BCUT2D eigenvalue weighted by molar-refractivity contribution is 0.174. The van der Waals surface area contributed by atoms with Crippen LogP contribution in [0.1, 0.15) is 5.56 Å². The summed E-state index contributed by atoms with van der Waals surface area (Å²) >= 11 is 0. The van der Waals surface area contributed by atoms with Gasteiger partial charge in [-0.25, -0.2) is 0 Å². The largest absolute Gasteiger partial charge is 0.505 e. The molecule has 0 unspecified atom stereocenters. The van der Waals surface area contributed by atoms with E-state index in [0.29, 0.717) is 22.8 Å². The van der Waals surface area contributed by atoms with Gasteiger partial charge in [0.2, 0.25) is 6.79 Å². The van der Waals surface area contributed by atoms with E-state index in [9.17, 15) is 5.11 Å². The van der Waals surface area contributed by atoms with Gasteiger partial charge >= 0.3 is 0 Å². The Morgan fingerprint density at radius 2 is 2.10 bits per heavy atom. The van der Waals surface area contributed by atoms with Crippen molar-refractivity contribution in [3.8, 4) is 34.6 Å². The van der Waals surface area contributed by atoms with E-state index in [4.69, 9.17) is 20.1 Å². The van der Waals surface area contributed by atoms with Crippen LogP contribution in [0.2, 0.25) is 0 Å². The highest BCUT2D eigenvalue weighted by Crippen LogP contribution is 2.38. The average molecular weight is 267 g/mol. The van der Waals surface area contributed by atoms with Crippen molar-refractivity contribution in [2.24, 2.45) is 0 Å². The molecular weight excluding hydrogens is 258 g/mol. The monoisotopic (exact) mass is 267 g/mol. The van der Waals surface area contributed by atoms with Crippen LogP contribution in [0.25, 0.3) is 11.3 Å².